The quantitative estimate of drug-likeness (QED) is 0.515. The second-order valence-corrected chi connectivity index (χ2v) is 6.26. The van der Waals surface area contributed by atoms with Crippen LogP contribution in [-0.2, 0) is 17.5 Å². The molecule has 5 nitrogen and oxygen atoms in total. The van der Waals surface area contributed by atoms with Crippen LogP contribution in [-0.4, -0.2) is 27.8 Å². The van der Waals surface area contributed by atoms with Gasteiger partial charge in [0, 0.05) is 12.8 Å². The van der Waals surface area contributed by atoms with Crippen molar-refractivity contribution in [2.24, 2.45) is 7.05 Å². The molecule has 0 atom stereocenters. The van der Waals surface area contributed by atoms with Gasteiger partial charge in [0.2, 0.25) is 0 Å². The molecule has 0 N–H and O–H groups in total. The summed E-state index contributed by atoms with van der Waals surface area (Å²) in [4.78, 5) is 11.4. The van der Waals surface area contributed by atoms with Crippen LogP contribution in [0.1, 0.15) is 15.9 Å². The van der Waals surface area contributed by atoms with Gasteiger partial charge < -0.3 is 9.30 Å². The van der Waals surface area contributed by atoms with Gasteiger partial charge in [0.1, 0.15) is 5.82 Å². The molecule has 0 spiro atoms. The van der Waals surface area contributed by atoms with Gasteiger partial charge in [-0.1, -0.05) is 36.0 Å². The number of methoxy groups -OCH3 is 1. The molecule has 0 aliphatic rings. The maximum Gasteiger partial charge on any atom is 0.337 e. The normalized spacial score (nSPS) is 10.7. The Hall–Kier alpha value is -2.67. The lowest BCUT2D eigenvalue weighted by Gasteiger charge is -2.05. The maximum absolute atomic E-state index is 13.9. The predicted molar refractivity (Wildman–Crippen MR) is 93.7 cm³/mol. The second kappa shape index (κ2) is 7.48. The molecule has 0 fully saturated rings. The smallest absolute Gasteiger partial charge is 0.337 e. The van der Waals surface area contributed by atoms with Crippen LogP contribution in [0.3, 0.4) is 0 Å². The average molecular weight is 357 g/mol. The van der Waals surface area contributed by atoms with E-state index in [0.29, 0.717) is 27.9 Å². The summed E-state index contributed by atoms with van der Waals surface area (Å²) in [6.07, 6.45) is 0. The Balaban J connectivity index is 1.72. The Bertz CT molecular complexity index is 894. The minimum Gasteiger partial charge on any atom is -0.465 e. The molecular weight excluding hydrogens is 341 g/mol. The van der Waals surface area contributed by atoms with E-state index in [-0.39, 0.29) is 11.8 Å². The van der Waals surface area contributed by atoms with Crippen molar-refractivity contribution in [2.45, 2.75) is 10.9 Å². The van der Waals surface area contributed by atoms with Crippen molar-refractivity contribution in [3.8, 4) is 11.4 Å². The van der Waals surface area contributed by atoms with Crippen LogP contribution in [0.25, 0.3) is 11.4 Å². The van der Waals surface area contributed by atoms with Crippen molar-refractivity contribution < 1.29 is 13.9 Å². The minimum atomic E-state index is -0.359. The standard InChI is InChI=1S/C18H16FN3O2S/c1-22-16(14-5-3-4-6-15(14)19)20-21-18(22)25-11-12-7-9-13(10-8-12)17(23)24-2/h3-10H,11H2,1-2H3. The number of hydrogen-bond donors (Lipinski definition) is 0. The largest absolute Gasteiger partial charge is 0.465 e. The summed E-state index contributed by atoms with van der Waals surface area (Å²) in [6, 6.07) is 13.7. The highest BCUT2D eigenvalue weighted by atomic mass is 32.2. The van der Waals surface area contributed by atoms with Gasteiger partial charge in [0.25, 0.3) is 0 Å². The van der Waals surface area contributed by atoms with Gasteiger partial charge in [-0.3, -0.25) is 0 Å². The first-order chi connectivity index (χ1) is 12.1. The van der Waals surface area contributed by atoms with Crippen LogP contribution in [0.2, 0.25) is 0 Å². The third kappa shape index (κ3) is 3.71. The summed E-state index contributed by atoms with van der Waals surface area (Å²) >= 11 is 1.49. The number of carbonyl (C=O) groups excluding carboxylic acids is 1. The van der Waals surface area contributed by atoms with Gasteiger partial charge in [-0.05, 0) is 29.8 Å². The minimum absolute atomic E-state index is 0.326. The first-order valence-electron chi connectivity index (χ1n) is 7.54. The fourth-order valence-electron chi connectivity index (χ4n) is 2.32. The first-order valence-corrected chi connectivity index (χ1v) is 8.53. The number of hydrogen-bond acceptors (Lipinski definition) is 5. The first kappa shape index (κ1) is 17.2. The fraction of sp³-hybridized carbons (Fsp3) is 0.167. The Morgan fingerprint density at radius 3 is 2.56 bits per heavy atom. The van der Waals surface area contributed by atoms with Crippen LogP contribution in [0.5, 0.6) is 0 Å². The van der Waals surface area contributed by atoms with Crippen LogP contribution >= 0.6 is 11.8 Å². The zero-order valence-corrected chi connectivity index (χ0v) is 14.6. The van der Waals surface area contributed by atoms with Crippen molar-refractivity contribution in [1.29, 1.82) is 0 Å². The number of benzene rings is 2. The molecule has 0 saturated carbocycles. The van der Waals surface area contributed by atoms with Gasteiger partial charge in [-0.25, -0.2) is 9.18 Å². The van der Waals surface area contributed by atoms with Crippen molar-refractivity contribution in [3.05, 3.63) is 65.5 Å². The molecule has 25 heavy (non-hydrogen) atoms. The molecule has 0 unspecified atom stereocenters. The molecule has 0 saturated heterocycles. The molecule has 7 heteroatoms. The summed E-state index contributed by atoms with van der Waals surface area (Å²) in [5, 5.41) is 8.93. The van der Waals surface area contributed by atoms with Crippen LogP contribution < -0.4 is 0 Å². The molecule has 3 aromatic rings. The van der Waals surface area contributed by atoms with E-state index >= 15 is 0 Å². The molecule has 1 heterocycles. The van der Waals surface area contributed by atoms with Crippen molar-refractivity contribution in [2.75, 3.05) is 7.11 Å². The topological polar surface area (TPSA) is 57.0 Å². The molecule has 1 aromatic heterocycles. The number of rotatable bonds is 5. The lowest BCUT2D eigenvalue weighted by molar-refractivity contribution is 0.0600. The molecule has 0 bridgehead atoms. The maximum atomic E-state index is 13.9. The van der Waals surface area contributed by atoms with Crippen LogP contribution in [0, 0.1) is 5.82 Å². The predicted octanol–water partition coefficient (Wildman–Crippen LogP) is 3.70. The number of thioether (sulfide) groups is 1. The van der Waals surface area contributed by atoms with Gasteiger partial charge in [0.05, 0.1) is 18.2 Å². The van der Waals surface area contributed by atoms with Gasteiger partial charge in [0.15, 0.2) is 11.0 Å². The van der Waals surface area contributed by atoms with E-state index in [4.69, 9.17) is 0 Å². The SMILES string of the molecule is COC(=O)c1ccc(CSc2nnc(-c3ccccc3F)n2C)cc1. The molecule has 128 valence electrons. The third-order valence-corrected chi connectivity index (χ3v) is 4.78. The van der Waals surface area contributed by atoms with E-state index in [1.807, 2.05) is 19.2 Å². The summed E-state index contributed by atoms with van der Waals surface area (Å²) in [6.45, 7) is 0. The highest BCUT2D eigenvalue weighted by molar-refractivity contribution is 7.98. The van der Waals surface area contributed by atoms with E-state index in [9.17, 15) is 9.18 Å². The van der Waals surface area contributed by atoms with Crippen molar-refractivity contribution in [1.82, 2.24) is 14.8 Å². The van der Waals surface area contributed by atoms with E-state index in [1.165, 1.54) is 24.9 Å². The Kier molecular flexibility index (Phi) is 5.14. The Labute approximate surface area is 148 Å². The van der Waals surface area contributed by atoms with Gasteiger partial charge >= 0.3 is 5.97 Å². The van der Waals surface area contributed by atoms with Gasteiger partial charge in [-0.15, -0.1) is 10.2 Å². The highest BCUT2D eigenvalue weighted by Gasteiger charge is 2.14. The lowest BCUT2D eigenvalue weighted by atomic mass is 10.1. The number of esters is 1. The van der Waals surface area contributed by atoms with Gasteiger partial charge in [-0.2, -0.15) is 0 Å². The second-order valence-electron chi connectivity index (χ2n) is 5.32. The summed E-state index contributed by atoms with van der Waals surface area (Å²) in [5.41, 5.74) is 1.97. The lowest BCUT2D eigenvalue weighted by Crippen LogP contribution is -2.00. The molecule has 0 amide bonds. The molecule has 3 rings (SSSR count). The molecular formula is C18H16FN3O2S. The summed E-state index contributed by atoms with van der Waals surface area (Å²) < 4.78 is 20.4. The number of carbonyl (C=O) groups is 1. The van der Waals surface area contributed by atoms with Crippen molar-refractivity contribution in [3.63, 3.8) is 0 Å². The zero-order chi connectivity index (χ0) is 17.8. The van der Waals surface area contributed by atoms with E-state index in [2.05, 4.69) is 14.9 Å². The monoisotopic (exact) mass is 357 g/mol. The van der Waals surface area contributed by atoms with E-state index in [0.717, 1.165) is 5.56 Å². The number of halogens is 1. The Morgan fingerprint density at radius 1 is 1.16 bits per heavy atom. The fourth-order valence-corrected chi connectivity index (χ4v) is 3.19. The van der Waals surface area contributed by atoms with E-state index < -0.39 is 0 Å². The molecule has 0 aliphatic carbocycles. The van der Waals surface area contributed by atoms with Crippen LogP contribution in [0.15, 0.2) is 53.7 Å². The molecule has 0 radical (unpaired) electrons. The third-order valence-electron chi connectivity index (χ3n) is 3.69. The summed E-state index contributed by atoms with van der Waals surface area (Å²) in [5.74, 6) is 0.460. The zero-order valence-electron chi connectivity index (χ0n) is 13.8. The highest BCUT2D eigenvalue weighted by Crippen LogP contribution is 2.26. The average Bonchev–Trinajstić information content (AvgIpc) is 3.00. The molecule has 2 aromatic carbocycles. The number of ether oxygens (including phenoxy) is 1. The van der Waals surface area contributed by atoms with Crippen LogP contribution in [0.4, 0.5) is 4.39 Å². The van der Waals surface area contributed by atoms with E-state index in [1.54, 1.807) is 34.9 Å². The number of aromatic nitrogens is 3. The molecule has 0 aliphatic heterocycles. The Morgan fingerprint density at radius 2 is 1.88 bits per heavy atom. The van der Waals surface area contributed by atoms with Crippen molar-refractivity contribution >= 4 is 17.7 Å². The summed E-state index contributed by atoms with van der Waals surface area (Å²) in [7, 11) is 3.16. The number of nitrogens with zero attached hydrogens (tertiary/aromatic N) is 3.